The number of aryl methyl sites for hydroxylation is 1. The Labute approximate surface area is 167 Å². The number of carbonyl (C=O) groups excluding carboxylic acids is 1. The van der Waals surface area contributed by atoms with E-state index in [1.54, 1.807) is 26.5 Å². The zero-order chi connectivity index (χ0) is 20.6. The molecule has 3 aromatic heterocycles. The van der Waals surface area contributed by atoms with Gasteiger partial charge in [0.15, 0.2) is 0 Å². The van der Waals surface area contributed by atoms with Gasteiger partial charge >= 0.3 is 6.03 Å². The third kappa shape index (κ3) is 3.39. The number of nitrogens with one attached hydrogen (secondary N) is 1. The number of pyridine rings is 2. The van der Waals surface area contributed by atoms with Crippen LogP contribution in [0.3, 0.4) is 0 Å². The molecule has 9 nitrogen and oxygen atoms in total. The quantitative estimate of drug-likeness (QED) is 0.683. The fourth-order valence-corrected chi connectivity index (χ4v) is 3.68. The summed E-state index contributed by atoms with van der Waals surface area (Å²) in [6.07, 6.45) is 4.37. The van der Waals surface area contributed by atoms with E-state index in [0.717, 1.165) is 34.3 Å². The van der Waals surface area contributed by atoms with Crippen LogP contribution in [0.1, 0.15) is 12.1 Å². The molecule has 2 amide bonds. The molecule has 3 aromatic rings. The van der Waals surface area contributed by atoms with Gasteiger partial charge in [-0.05, 0) is 6.07 Å². The fraction of sp³-hybridized carbons (Fsp3) is 0.350. The molecule has 0 bridgehead atoms. The summed E-state index contributed by atoms with van der Waals surface area (Å²) < 4.78 is 18.9. The highest BCUT2D eigenvalue weighted by molar-refractivity contribution is 5.98. The van der Waals surface area contributed by atoms with Crippen LogP contribution >= 0.6 is 0 Å². The summed E-state index contributed by atoms with van der Waals surface area (Å²) in [5.41, 5.74) is 7.88. The van der Waals surface area contributed by atoms with Crippen molar-refractivity contribution in [3.8, 4) is 17.0 Å². The standard InChI is InChI=1S/C20H23N5O4/c1-25-10-14(13-8-18(24-19(21)26)22-9-16(13)25)15-6-12(27-2)7-17(23-15)20(28-3)4-5-29-11-20/h6-10H,4-5,11H2,1-3H3,(H3,21,22,24,26). The van der Waals surface area contributed by atoms with Gasteiger partial charge in [0.25, 0.3) is 0 Å². The van der Waals surface area contributed by atoms with Crippen LogP contribution in [0.4, 0.5) is 10.6 Å². The molecule has 29 heavy (non-hydrogen) atoms. The van der Waals surface area contributed by atoms with Gasteiger partial charge in [-0.15, -0.1) is 0 Å². The Balaban J connectivity index is 1.89. The van der Waals surface area contributed by atoms with Gasteiger partial charge in [-0.2, -0.15) is 0 Å². The van der Waals surface area contributed by atoms with Gasteiger partial charge in [-0.3, -0.25) is 5.32 Å². The summed E-state index contributed by atoms with van der Waals surface area (Å²) in [5, 5.41) is 3.40. The predicted octanol–water partition coefficient (Wildman–Crippen LogP) is 2.40. The first kappa shape index (κ1) is 19.2. The Morgan fingerprint density at radius 3 is 2.83 bits per heavy atom. The maximum absolute atomic E-state index is 11.2. The zero-order valence-electron chi connectivity index (χ0n) is 16.6. The smallest absolute Gasteiger partial charge is 0.317 e. The molecule has 0 aromatic carbocycles. The molecule has 1 atom stereocenters. The van der Waals surface area contributed by atoms with Crippen molar-refractivity contribution in [2.24, 2.45) is 12.8 Å². The number of ether oxygens (including phenoxy) is 3. The largest absolute Gasteiger partial charge is 0.497 e. The Bertz CT molecular complexity index is 1070. The minimum absolute atomic E-state index is 0.373. The summed E-state index contributed by atoms with van der Waals surface area (Å²) in [6.45, 7) is 1.05. The van der Waals surface area contributed by atoms with E-state index in [0.29, 0.717) is 24.8 Å². The summed E-state index contributed by atoms with van der Waals surface area (Å²) in [6, 6.07) is 4.87. The molecule has 0 radical (unpaired) electrons. The Morgan fingerprint density at radius 1 is 1.34 bits per heavy atom. The topological polar surface area (TPSA) is 114 Å². The Hall–Kier alpha value is -3.17. The number of carbonyl (C=O) groups is 1. The molecule has 4 rings (SSSR count). The number of hydrogen-bond acceptors (Lipinski definition) is 6. The van der Waals surface area contributed by atoms with Crippen LogP contribution in [0.25, 0.3) is 22.2 Å². The highest BCUT2D eigenvalue weighted by atomic mass is 16.5. The van der Waals surface area contributed by atoms with Crippen molar-refractivity contribution >= 4 is 22.8 Å². The van der Waals surface area contributed by atoms with Gasteiger partial charge in [0.05, 0.1) is 36.8 Å². The molecule has 1 saturated heterocycles. The first-order valence-electron chi connectivity index (χ1n) is 9.17. The molecule has 0 spiro atoms. The SMILES string of the molecule is COc1cc(-c2cn(C)c3cnc(NC(N)=O)cc23)nc(C2(OC)CCOC2)c1. The number of rotatable bonds is 5. The number of aromatic nitrogens is 3. The first-order chi connectivity index (χ1) is 14.0. The summed E-state index contributed by atoms with van der Waals surface area (Å²) in [7, 11) is 5.22. The average molecular weight is 397 g/mol. The lowest BCUT2D eigenvalue weighted by atomic mass is 9.96. The van der Waals surface area contributed by atoms with Crippen molar-refractivity contribution in [1.82, 2.24) is 14.5 Å². The lowest BCUT2D eigenvalue weighted by molar-refractivity contribution is -0.0246. The summed E-state index contributed by atoms with van der Waals surface area (Å²) in [5.74, 6) is 1.05. The van der Waals surface area contributed by atoms with Crippen molar-refractivity contribution in [3.05, 3.63) is 36.3 Å². The van der Waals surface area contributed by atoms with E-state index >= 15 is 0 Å². The number of nitrogens with zero attached hydrogens (tertiary/aromatic N) is 3. The fourth-order valence-electron chi connectivity index (χ4n) is 3.68. The van der Waals surface area contributed by atoms with Gasteiger partial charge in [0, 0.05) is 56.5 Å². The van der Waals surface area contributed by atoms with Gasteiger partial charge in [0.1, 0.15) is 17.2 Å². The highest BCUT2D eigenvalue weighted by Gasteiger charge is 2.39. The molecular formula is C20H23N5O4. The number of amides is 2. The van der Waals surface area contributed by atoms with E-state index in [1.807, 2.05) is 29.9 Å². The monoisotopic (exact) mass is 397 g/mol. The highest BCUT2D eigenvalue weighted by Crippen LogP contribution is 2.38. The first-order valence-corrected chi connectivity index (χ1v) is 9.17. The van der Waals surface area contributed by atoms with Crippen molar-refractivity contribution < 1.29 is 19.0 Å². The van der Waals surface area contributed by atoms with Crippen LogP contribution in [0.5, 0.6) is 5.75 Å². The van der Waals surface area contributed by atoms with Crippen LogP contribution in [-0.4, -0.2) is 48.0 Å². The minimum atomic E-state index is -0.667. The molecule has 1 aliphatic rings. The van der Waals surface area contributed by atoms with Crippen LogP contribution in [0.2, 0.25) is 0 Å². The van der Waals surface area contributed by atoms with E-state index in [4.69, 9.17) is 24.9 Å². The summed E-state index contributed by atoms with van der Waals surface area (Å²) in [4.78, 5) is 20.4. The van der Waals surface area contributed by atoms with Crippen LogP contribution in [-0.2, 0) is 22.1 Å². The van der Waals surface area contributed by atoms with Crippen LogP contribution in [0, 0.1) is 0 Å². The molecule has 152 valence electrons. The molecule has 1 aliphatic heterocycles. The summed E-state index contributed by atoms with van der Waals surface area (Å²) >= 11 is 0. The molecule has 0 aliphatic carbocycles. The van der Waals surface area contributed by atoms with Crippen molar-refractivity contribution in [1.29, 1.82) is 0 Å². The van der Waals surface area contributed by atoms with Gasteiger partial charge in [0.2, 0.25) is 0 Å². The van der Waals surface area contributed by atoms with Crippen molar-refractivity contribution in [3.63, 3.8) is 0 Å². The van der Waals surface area contributed by atoms with Crippen molar-refractivity contribution in [2.45, 2.75) is 12.0 Å². The van der Waals surface area contributed by atoms with E-state index in [9.17, 15) is 4.79 Å². The van der Waals surface area contributed by atoms with Crippen molar-refractivity contribution in [2.75, 3.05) is 32.8 Å². The molecule has 0 saturated carbocycles. The second kappa shape index (κ2) is 7.34. The van der Waals surface area contributed by atoms with Gasteiger partial charge in [-0.25, -0.2) is 14.8 Å². The number of nitrogens with two attached hydrogens (primary N) is 1. The van der Waals surface area contributed by atoms with Crippen LogP contribution < -0.4 is 15.8 Å². The second-order valence-electron chi connectivity index (χ2n) is 7.01. The second-order valence-corrected chi connectivity index (χ2v) is 7.01. The number of anilines is 1. The number of primary amides is 1. The lowest BCUT2D eigenvalue weighted by Crippen LogP contribution is -2.30. The number of methoxy groups -OCH3 is 2. The Kier molecular flexibility index (Phi) is 4.85. The molecule has 4 heterocycles. The number of urea groups is 1. The molecule has 1 fully saturated rings. The average Bonchev–Trinajstić information content (AvgIpc) is 3.33. The number of hydrogen-bond donors (Lipinski definition) is 2. The van der Waals surface area contributed by atoms with E-state index in [-0.39, 0.29) is 0 Å². The van der Waals surface area contributed by atoms with E-state index < -0.39 is 11.6 Å². The normalized spacial score (nSPS) is 18.9. The third-order valence-corrected chi connectivity index (χ3v) is 5.28. The Morgan fingerprint density at radius 2 is 2.17 bits per heavy atom. The minimum Gasteiger partial charge on any atom is -0.497 e. The van der Waals surface area contributed by atoms with Gasteiger partial charge < -0.3 is 24.5 Å². The predicted molar refractivity (Wildman–Crippen MR) is 108 cm³/mol. The zero-order valence-corrected chi connectivity index (χ0v) is 16.6. The third-order valence-electron chi connectivity index (χ3n) is 5.28. The lowest BCUT2D eigenvalue weighted by Gasteiger charge is -2.26. The molecular weight excluding hydrogens is 374 g/mol. The van der Waals surface area contributed by atoms with E-state index in [1.165, 1.54) is 0 Å². The van der Waals surface area contributed by atoms with E-state index in [2.05, 4.69) is 10.3 Å². The van der Waals surface area contributed by atoms with Crippen LogP contribution in [0.15, 0.2) is 30.6 Å². The molecule has 9 heteroatoms. The molecule has 3 N–H and O–H groups in total. The van der Waals surface area contributed by atoms with Gasteiger partial charge in [-0.1, -0.05) is 0 Å². The maximum atomic E-state index is 11.2. The maximum Gasteiger partial charge on any atom is 0.317 e. The number of fused-ring (bicyclic) bond motifs is 1. The molecule has 1 unspecified atom stereocenters.